The number of nitrogens with two attached hydrogens (primary N) is 1. The van der Waals surface area contributed by atoms with E-state index in [2.05, 4.69) is 25.7 Å². The molecule has 0 spiro atoms. The molecule has 0 aromatic heterocycles. The fourth-order valence-electron chi connectivity index (χ4n) is 1.94. The molecular formula is C12H26N2O. The highest BCUT2D eigenvalue weighted by Crippen LogP contribution is 2.29. The van der Waals surface area contributed by atoms with E-state index in [0.717, 1.165) is 19.7 Å². The van der Waals surface area contributed by atoms with Gasteiger partial charge in [0, 0.05) is 6.54 Å². The molecular weight excluding hydrogens is 188 g/mol. The lowest BCUT2D eigenvalue weighted by atomic mass is 9.80. The number of hydrogen-bond donors (Lipinski definition) is 1. The van der Waals surface area contributed by atoms with Gasteiger partial charge in [-0.1, -0.05) is 6.92 Å². The SMILES string of the molecule is CC(C)OCCN1CCC(C)(CN)CC1. The van der Waals surface area contributed by atoms with Crippen LogP contribution in [0.5, 0.6) is 0 Å². The summed E-state index contributed by atoms with van der Waals surface area (Å²) in [5.41, 5.74) is 6.16. The van der Waals surface area contributed by atoms with Crippen LogP contribution in [0.1, 0.15) is 33.6 Å². The van der Waals surface area contributed by atoms with Crippen LogP contribution in [-0.2, 0) is 4.74 Å². The third kappa shape index (κ3) is 4.49. The Labute approximate surface area is 94.0 Å². The summed E-state index contributed by atoms with van der Waals surface area (Å²) in [6.45, 7) is 11.6. The van der Waals surface area contributed by atoms with E-state index in [1.807, 2.05) is 0 Å². The van der Waals surface area contributed by atoms with Crippen molar-refractivity contribution in [1.29, 1.82) is 0 Å². The van der Waals surface area contributed by atoms with Crippen molar-refractivity contribution in [3.05, 3.63) is 0 Å². The normalized spacial score (nSPS) is 22.2. The highest BCUT2D eigenvalue weighted by atomic mass is 16.5. The molecule has 1 aliphatic heterocycles. The van der Waals surface area contributed by atoms with Crippen molar-refractivity contribution in [2.24, 2.45) is 11.1 Å². The zero-order valence-electron chi connectivity index (χ0n) is 10.5. The van der Waals surface area contributed by atoms with E-state index in [1.165, 1.54) is 25.9 Å². The Hall–Kier alpha value is -0.120. The Morgan fingerprint density at radius 2 is 1.93 bits per heavy atom. The summed E-state index contributed by atoms with van der Waals surface area (Å²) in [5.74, 6) is 0. The fraction of sp³-hybridized carbons (Fsp3) is 1.00. The van der Waals surface area contributed by atoms with E-state index in [9.17, 15) is 0 Å². The summed E-state index contributed by atoms with van der Waals surface area (Å²) in [5, 5.41) is 0. The first kappa shape index (κ1) is 12.9. The Morgan fingerprint density at radius 1 is 1.33 bits per heavy atom. The third-order valence-electron chi connectivity index (χ3n) is 3.41. The number of likely N-dealkylation sites (tertiary alicyclic amines) is 1. The zero-order valence-corrected chi connectivity index (χ0v) is 10.5. The highest BCUT2D eigenvalue weighted by Gasteiger charge is 2.28. The van der Waals surface area contributed by atoms with E-state index < -0.39 is 0 Å². The minimum absolute atomic E-state index is 0.351. The topological polar surface area (TPSA) is 38.5 Å². The lowest BCUT2D eigenvalue weighted by molar-refractivity contribution is 0.0420. The zero-order chi connectivity index (χ0) is 11.3. The second-order valence-electron chi connectivity index (χ2n) is 5.28. The Balaban J connectivity index is 2.15. The summed E-state index contributed by atoms with van der Waals surface area (Å²) in [6.07, 6.45) is 2.81. The Kier molecular flexibility index (Phi) is 5.03. The summed E-state index contributed by atoms with van der Waals surface area (Å²) in [4.78, 5) is 2.49. The van der Waals surface area contributed by atoms with Gasteiger partial charge in [0.05, 0.1) is 12.7 Å². The molecule has 3 nitrogen and oxygen atoms in total. The van der Waals surface area contributed by atoms with Crippen LogP contribution in [0.15, 0.2) is 0 Å². The second kappa shape index (κ2) is 5.83. The molecule has 1 heterocycles. The number of hydrogen-bond acceptors (Lipinski definition) is 3. The van der Waals surface area contributed by atoms with Crippen LogP contribution < -0.4 is 5.73 Å². The van der Waals surface area contributed by atoms with Gasteiger partial charge in [-0.3, -0.25) is 0 Å². The van der Waals surface area contributed by atoms with Crippen molar-refractivity contribution in [2.75, 3.05) is 32.8 Å². The molecule has 1 aliphatic rings. The minimum Gasteiger partial charge on any atom is -0.377 e. The summed E-state index contributed by atoms with van der Waals surface area (Å²) < 4.78 is 5.56. The quantitative estimate of drug-likeness (QED) is 0.753. The average molecular weight is 214 g/mol. The molecule has 90 valence electrons. The van der Waals surface area contributed by atoms with Crippen molar-refractivity contribution in [1.82, 2.24) is 4.90 Å². The van der Waals surface area contributed by atoms with Crippen LogP contribution in [-0.4, -0.2) is 43.8 Å². The van der Waals surface area contributed by atoms with E-state index in [0.29, 0.717) is 11.5 Å². The minimum atomic E-state index is 0.351. The lowest BCUT2D eigenvalue weighted by Gasteiger charge is -2.38. The van der Waals surface area contributed by atoms with E-state index in [1.54, 1.807) is 0 Å². The predicted molar refractivity (Wildman–Crippen MR) is 63.9 cm³/mol. The molecule has 1 fully saturated rings. The maximum Gasteiger partial charge on any atom is 0.0596 e. The molecule has 0 aliphatic carbocycles. The molecule has 0 unspecified atom stereocenters. The summed E-state index contributed by atoms with van der Waals surface area (Å²) in [6, 6.07) is 0. The highest BCUT2D eigenvalue weighted by molar-refractivity contribution is 4.82. The molecule has 0 atom stereocenters. The third-order valence-corrected chi connectivity index (χ3v) is 3.41. The molecule has 0 aromatic carbocycles. The monoisotopic (exact) mass is 214 g/mol. The van der Waals surface area contributed by atoms with Crippen LogP contribution in [0.25, 0.3) is 0 Å². The van der Waals surface area contributed by atoms with Gasteiger partial charge in [0.2, 0.25) is 0 Å². The summed E-state index contributed by atoms with van der Waals surface area (Å²) in [7, 11) is 0. The molecule has 2 N–H and O–H groups in total. The van der Waals surface area contributed by atoms with Gasteiger partial charge >= 0.3 is 0 Å². The molecule has 0 radical (unpaired) electrons. The van der Waals surface area contributed by atoms with Crippen molar-refractivity contribution >= 4 is 0 Å². The van der Waals surface area contributed by atoms with E-state index in [-0.39, 0.29) is 0 Å². The van der Waals surface area contributed by atoms with Crippen LogP contribution in [0.3, 0.4) is 0 Å². The number of nitrogens with zero attached hydrogens (tertiary/aromatic N) is 1. The van der Waals surface area contributed by atoms with Gasteiger partial charge in [0.25, 0.3) is 0 Å². The van der Waals surface area contributed by atoms with Crippen LogP contribution in [0.2, 0.25) is 0 Å². The van der Waals surface area contributed by atoms with Gasteiger partial charge in [-0.15, -0.1) is 0 Å². The average Bonchev–Trinajstić information content (AvgIpc) is 2.21. The first-order chi connectivity index (χ1) is 7.06. The number of ether oxygens (including phenoxy) is 1. The van der Waals surface area contributed by atoms with Gasteiger partial charge in [-0.25, -0.2) is 0 Å². The molecule has 0 bridgehead atoms. The van der Waals surface area contributed by atoms with E-state index >= 15 is 0 Å². The lowest BCUT2D eigenvalue weighted by Crippen LogP contribution is -2.43. The van der Waals surface area contributed by atoms with Crippen molar-refractivity contribution in [3.8, 4) is 0 Å². The fourth-order valence-corrected chi connectivity index (χ4v) is 1.94. The van der Waals surface area contributed by atoms with Gasteiger partial charge in [-0.05, 0) is 51.7 Å². The first-order valence-electron chi connectivity index (χ1n) is 6.10. The van der Waals surface area contributed by atoms with Crippen molar-refractivity contribution in [3.63, 3.8) is 0 Å². The number of piperidine rings is 1. The van der Waals surface area contributed by atoms with Gasteiger partial charge in [0.15, 0.2) is 0 Å². The largest absolute Gasteiger partial charge is 0.377 e. The summed E-state index contributed by atoms with van der Waals surface area (Å²) >= 11 is 0. The molecule has 15 heavy (non-hydrogen) atoms. The van der Waals surface area contributed by atoms with Crippen molar-refractivity contribution < 1.29 is 4.74 Å². The van der Waals surface area contributed by atoms with Gasteiger partial charge < -0.3 is 15.4 Å². The van der Waals surface area contributed by atoms with Crippen LogP contribution in [0, 0.1) is 5.41 Å². The predicted octanol–water partition coefficient (Wildman–Crippen LogP) is 1.47. The smallest absolute Gasteiger partial charge is 0.0596 e. The Bertz CT molecular complexity index is 174. The molecule has 0 amide bonds. The standard InChI is InChI=1S/C12H26N2O/c1-11(2)15-9-8-14-6-4-12(3,10-13)5-7-14/h11H,4-10,13H2,1-3H3. The first-order valence-corrected chi connectivity index (χ1v) is 6.10. The molecule has 3 heteroatoms. The molecule has 1 rings (SSSR count). The maximum absolute atomic E-state index is 5.78. The molecule has 0 saturated carbocycles. The van der Waals surface area contributed by atoms with Crippen LogP contribution in [0.4, 0.5) is 0 Å². The maximum atomic E-state index is 5.78. The second-order valence-corrected chi connectivity index (χ2v) is 5.28. The van der Waals surface area contributed by atoms with Gasteiger partial charge in [-0.2, -0.15) is 0 Å². The van der Waals surface area contributed by atoms with Crippen LogP contribution >= 0.6 is 0 Å². The number of rotatable bonds is 5. The van der Waals surface area contributed by atoms with Gasteiger partial charge in [0.1, 0.15) is 0 Å². The molecule has 1 saturated heterocycles. The van der Waals surface area contributed by atoms with E-state index in [4.69, 9.17) is 10.5 Å². The Morgan fingerprint density at radius 3 is 2.40 bits per heavy atom. The molecule has 0 aromatic rings. The van der Waals surface area contributed by atoms with Crippen molar-refractivity contribution in [2.45, 2.75) is 39.7 Å².